The van der Waals surface area contributed by atoms with E-state index in [1.807, 2.05) is 0 Å². The van der Waals surface area contributed by atoms with Gasteiger partial charge < -0.3 is 15.2 Å². The average Bonchev–Trinajstić information content (AvgIpc) is 2.32. The van der Waals surface area contributed by atoms with Crippen molar-refractivity contribution in [3.05, 3.63) is 0 Å². The second-order valence-electron chi connectivity index (χ2n) is 5.83. The molecular formula is C14H25NO4. The summed E-state index contributed by atoms with van der Waals surface area (Å²) in [6, 6.07) is -0.846. The summed E-state index contributed by atoms with van der Waals surface area (Å²) in [6.07, 6.45) is 4.47. The molecule has 0 heterocycles. The van der Waals surface area contributed by atoms with Crippen molar-refractivity contribution in [2.75, 3.05) is 6.61 Å². The molecule has 5 heteroatoms. The molecule has 0 bridgehead atoms. The van der Waals surface area contributed by atoms with Crippen LogP contribution >= 0.6 is 0 Å². The van der Waals surface area contributed by atoms with Gasteiger partial charge in [0.25, 0.3) is 0 Å². The molecule has 0 saturated heterocycles. The number of hydrogen-bond donors (Lipinski definition) is 2. The van der Waals surface area contributed by atoms with Crippen molar-refractivity contribution in [1.82, 2.24) is 5.32 Å². The third kappa shape index (κ3) is 5.59. The smallest absolute Gasteiger partial charge is 0.326 e. The van der Waals surface area contributed by atoms with E-state index in [-0.39, 0.29) is 24.5 Å². The molecule has 2 N–H and O–H groups in total. The highest BCUT2D eigenvalue weighted by Crippen LogP contribution is 2.25. The van der Waals surface area contributed by atoms with Gasteiger partial charge in [-0.25, -0.2) is 4.79 Å². The Morgan fingerprint density at radius 2 is 2.05 bits per heavy atom. The highest BCUT2D eigenvalue weighted by molar-refractivity contribution is 5.84. The number of hydrogen-bond acceptors (Lipinski definition) is 3. The van der Waals surface area contributed by atoms with E-state index in [0.717, 1.165) is 19.3 Å². The number of rotatable bonds is 6. The van der Waals surface area contributed by atoms with E-state index in [9.17, 15) is 9.59 Å². The second kappa shape index (κ2) is 7.48. The van der Waals surface area contributed by atoms with E-state index >= 15 is 0 Å². The summed E-state index contributed by atoms with van der Waals surface area (Å²) < 4.78 is 5.57. The molecule has 1 aliphatic carbocycles. The van der Waals surface area contributed by atoms with Gasteiger partial charge in [-0.1, -0.05) is 33.6 Å². The molecule has 0 spiro atoms. The van der Waals surface area contributed by atoms with Gasteiger partial charge in [0.15, 0.2) is 0 Å². The molecule has 3 atom stereocenters. The molecule has 0 radical (unpaired) electrons. The third-order valence-electron chi connectivity index (χ3n) is 3.59. The zero-order chi connectivity index (χ0) is 14.4. The van der Waals surface area contributed by atoms with Crippen LogP contribution in [-0.2, 0) is 14.3 Å². The van der Waals surface area contributed by atoms with Crippen LogP contribution in [0.4, 0.5) is 0 Å². The number of nitrogens with one attached hydrogen (secondary N) is 1. The lowest BCUT2D eigenvalue weighted by Crippen LogP contribution is -2.46. The van der Waals surface area contributed by atoms with Gasteiger partial charge in [0.05, 0.1) is 6.10 Å². The summed E-state index contributed by atoms with van der Waals surface area (Å²) in [5, 5.41) is 11.5. The molecule has 1 fully saturated rings. The quantitative estimate of drug-likeness (QED) is 0.772. The summed E-state index contributed by atoms with van der Waals surface area (Å²) in [7, 11) is 0. The van der Waals surface area contributed by atoms with Crippen molar-refractivity contribution >= 4 is 11.9 Å². The first kappa shape index (κ1) is 16.0. The summed E-state index contributed by atoms with van der Waals surface area (Å²) in [6.45, 7) is 5.67. The van der Waals surface area contributed by atoms with Crippen molar-refractivity contribution in [2.24, 2.45) is 11.8 Å². The largest absolute Gasteiger partial charge is 0.480 e. The fourth-order valence-corrected chi connectivity index (χ4v) is 2.45. The fraction of sp³-hybridized carbons (Fsp3) is 0.857. The van der Waals surface area contributed by atoms with E-state index < -0.39 is 12.0 Å². The predicted molar refractivity (Wildman–Crippen MR) is 71.8 cm³/mol. The molecule has 0 aromatic heterocycles. The van der Waals surface area contributed by atoms with Crippen LogP contribution in [0.25, 0.3) is 0 Å². The average molecular weight is 271 g/mol. The first-order valence-electron chi connectivity index (χ1n) is 7.04. The number of aliphatic carboxylic acids is 1. The number of carboxylic acid groups (broad SMARTS) is 1. The van der Waals surface area contributed by atoms with Gasteiger partial charge in [0.2, 0.25) is 5.91 Å². The Labute approximate surface area is 114 Å². The zero-order valence-electron chi connectivity index (χ0n) is 12.0. The molecule has 0 unspecified atom stereocenters. The lowest BCUT2D eigenvalue weighted by atomic mass is 9.89. The van der Waals surface area contributed by atoms with Crippen LogP contribution in [0.1, 0.15) is 46.5 Å². The van der Waals surface area contributed by atoms with Crippen LogP contribution in [0.5, 0.6) is 0 Å². The van der Waals surface area contributed by atoms with Gasteiger partial charge in [0.1, 0.15) is 12.6 Å². The number of ether oxygens (including phenoxy) is 1. The molecule has 19 heavy (non-hydrogen) atoms. The fourth-order valence-electron chi connectivity index (χ4n) is 2.45. The zero-order valence-corrected chi connectivity index (χ0v) is 12.0. The van der Waals surface area contributed by atoms with Crippen molar-refractivity contribution in [3.63, 3.8) is 0 Å². The maximum atomic E-state index is 11.7. The molecule has 1 aliphatic rings. The summed E-state index contributed by atoms with van der Waals surface area (Å²) in [4.78, 5) is 22.7. The van der Waals surface area contributed by atoms with Crippen LogP contribution in [0.15, 0.2) is 0 Å². The molecule has 110 valence electrons. The first-order chi connectivity index (χ1) is 8.90. The molecule has 0 aromatic carbocycles. The van der Waals surface area contributed by atoms with Gasteiger partial charge in [-0.15, -0.1) is 0 Å². The van der Waals surface area contributed by atoms with E-state index in [0.29, 0.717) is 5.92 Å². The Kier molecular flexibility index (Phi) is 6.28. The number of carbonyl (C=O) groups excluding carboxylic acids is 1. The minimum Gasteiger partial charge on any atom is -0.480 e. The molecule has 5 nitrogen and oxygen atoms in total. The van der Waals surface area contributed by atoms with Gasteiger partial charge in [0, 0.05) is 0 Å². The Morgan fingerprint density at radius 3 is 2.58 bits per heavy atom. The molecule has 1 saturated carbocycles. The summed E-state index contributed by atoms with van der Waals surface area (Å²) in [5.74, 6) is -0.852. The van der Waals surface area contributed by atoms with E-state index in [1.54, 1.807) is 13.8 Å². The molecule has 0 aromatic rings. The first-order valence-corrected chi connectivity index (χ1v) is 7.04. The topological polar surface area (TPSA) is 75.6 Å². The van der Waals surface area contributed by atoms with Crippen LogP contribution in [-0.4, -0.2) is 35.7 Å². The number of amides is 1. The van der Waals surface area contributed by atoms with Crippen molar-refractivity contribution in [2.45, 2.75) is 58.6 Å². The van der Waals surface area contributed by atoms with Gasteiger partial charge in [-0.3, -0.25) is 4.79 Å². The molecule has 1 rings (SSSR count). The van der Waals surface area contributed by atoms with Gasteiger partial charge >= 0.3 is 5.97 Å². The standard InChI is InChI=1S/C14H25NO4/c1-9(2)13(14(17)18)15-12(16)8-19-11-6-4-5-10(3)7-11/h9-11,13H,4-8H2,1-3H3,(H,15,16)(H,17,18)/t10-,11-,13-/m1/s1. The van der Waals surface area contributed by atoms with Crippen LogP contribution in [0, 0.1) is 11.8 Å². The number of carboxylic acids is 1. The number of carbonyl (C=O) groups is 2. The van der Waals surface area contributed by atoms with Crippen molar-refractivity contribution in [1.29, 1.82) is 0 Å². The second-order valence-corrected chi connectivity index (χ2v) is 5.83. The maximum Gasteiger partial charge on any atom is 0.326 e. The minimum atomic E-state index is -1.00. The van der Waals surface area contributed by atoms with Gasteiger partial charge in [-0.05, 0) is 24.7 Å². The molecule has 0 aliphatic heterocycles. The minimum absolute atomic E-state index is 0.0477. The van der Waals surface area contributed by atoms with Crippen molar-refractivity contribution < 1.29 is 19.4 Å². The predicted octanol–water partition coefficient (Wildman–Crippen LogP) is 1.81. The Hall–Kier alpha value is -1.10. The van der Waals surface area contributed by atoms with Crippen LogP contribution in [0.3, 0.4) is 0 Å². The van der Waals surface area contributed by atoms with E-state index in [1.165, 1.54) is 6.42 Å². The Bertz CT molecular complexity index is 317. The molecular weight excluding hydrogens is 246 g/mol. The summed E-state index contributed by atoms with van der Waals surface area (Å²) in [5.41, 5.74) is 0. The third-order valence-corrected chi connectivity index (χ3v) is 3.59. The highest BCUT2D eigenvalue weighted by Gasteiger charge is 2.24. The van der Waals surface area contributed by atoms with E-state index in [4.69, 9.17) is 9.84 Å². The lowest BCUT2D eigenvalue weighted by Gasteiger charge is -2.27. The highest BCUT2D eigenvalue weighted by atomic mass is 16.5. The Balaban J connectivity index is 2.32. The Morgan fingerprint density at radius 1 is 1.37 bits per heavy atom. The van der Waals surface area contributed by atoms with E-state index in [2.05, 4.69) is 12.2 Å². The van der Waals surface area contributed by atoms with Crippen LogP contribution < -0.4 is 5.32 Å². The maximum absolute atomic E-state index is 11.7. The summed E-state index contributed by atoms with van der Waals surface area (Å²) >= 11 is 0. The molecule has 1 amide bonds. The monoisotopic (exact) mass is 271 g/mol. The normalized spacial score (nSPS) is 25.1. The van der Waals surface area contributed by atoms with Crippen molar-refractivity contribution in [3.8, 4) is 0 Å². The SMILES string of the molecule is CC(C)[C@@H](NC(=O)CO[C@@H]1CCC[C@@H](C)C1)C(=O)O. The van der Waals surface area contributed by atoms with Crippen LogP contribution in [0.2, 0.25) is 0 Å². The lowest BCUT2D eigenvalue weighted by molar-refractivity contribution is -0.144. The van der Waals surface area contributed by atoms with Gasteiger partial charge in [-0.2, -0.15) is 0 Å².